The van der Waals surface area contributed by atoms with Gasteiger partial charge in [0, 0.05) is 65.2 Å². The molecule has 0 unspecified atom stereocenters. The van der Waals surface area contributed by atoms with Crippen LogP contribution in [0, 0.1) is 0 Å². The molecule has 202 valence electrons. The quantitative estimate of drug-likeness (QED) is 0.187. The number of aromatic nitrogens is 1. The van der Waals surface area contributed by atoms with Gasteiger partial charge < -0.3 is 9.62 Å². The van der Waals surface area contributed by atoms with Crippen LogP contribution >= 0.6 is 23.7 Å². The zero-order chi connectivity index (χ0) is 27.2. The van der Waals surface area contributed by atoms with E-state index < -0.39 is 0 Å². The molecule has 7 heteroatoms. The van der Waals surface area contributed by atoms with Gasteiger partial charge in [-0.25, -0.2) is 0 Å². The fraction of sp³-hybridized carbons (Fsp3) is 0.312. The summed E-state index contributed by atoms with van der Waals surface area (Å²) in [6.45, 7) is 11.1. The summed E-state index contributed by atoms with van der Waals surface area (Å²) in [5.74, 6) is 0.109. The number of hydrogen-bond acceptors (Lipinski definition) is 6. The van der Waals surface area contributed by atoms with Gasteiger partial charge >= 0.3 is 0 Å². The molecule has 0 atom stereocenters. The van der Waals surface area contributed by atoms with Gasteiger partial charge in [0.1, 0.15) is 0 Å². The molecule has 4 aromatic rings. The van der Waals surface area contributed by atoms with Crippen LogP contribution in [0.3, 0.4) is 0 Å². The van der Waals surface area contributed by atoms with E-state index in [0.29, 0.717) is 0 Å². The molecule has 1 fully saturated rings. The molecule has 0 saturated carbocycles. The Kier molecular flexibility index (Phi) is 8.80. The number of benzene rings is 3. The zero-order valence-corrected chi connectivity index (χ0v) is 24.5. The molecule has 1 N–H and O–H groups in total. The highest BCUT2D eigenvalue weighted by Crippen LogP contribution is 2.34. The standard InChI is InChI=1S/C32H36N4OS2/c1-32(2,3)38-28-12-5-4-9-26(28)23-35-19-8-20-36(22-21-35)31(37)25-14-16-27(17-15-25)34-39-29-13-6-10-24-11-7-18-33-30(24)29/h4-7,9-18,34H,8,19-23H2,1-3H3. The van der Waals surface area contributed by atoms with Crippen molar-refractivity contribution in [1.29, 1.82) is 0 Å². The van der Waals surface area contributed by atoms with Crippen molar-refractivity contribution >= 4 is 46.2 Å². The number of anilines is 1. The Morgan fingerprint density at radius 3 is 2.46 bits per heavy atom. The molecule has 3 aromatic carbocycles. The second-order valence-electron chi connectivity index (χ2n) is 10.9. The van der Waals surface area contributed by atoms with E-state index >= 15 is 0 Å². The first-order valence-electron chi connectivity index (χ1n) is 13.5. The van der Waals surface area contributed by atoms with Gasteiger partial charge in [0.15, 0.2) is 0 Å². The molecular formula is C32H36N4OS2. The van der Waals surface area contributed by atoms with E-state index in [1.807, 2.05) is 59.3 Å². The van der Waals surface area contributed by atoms with Crippen LogP contribution in [0.4, 0.5) is 5.69 Å². The lowest BCUT2D eigenvalue weighted by Crippen LogP contribution is -2.35. The first-order chi connectivity index (χ1) is 18.9. The highest BCUT2D eigenvalue weighted by atomic mass is 32.2. The number of rotatable bonds is 7. The second kappa shape index (κ2) is 12.5. The van der Waals surface area contributed by atoms with Crippen molar-refractivity contribution in [3.8, 4) is 0 Å². The summed E-state index contributed by atoms with van der Waals surface area (Å²) in [4.78, 5) is 24.8. The number of nitrogens with zero attached hydrogens (tertiary/aromatic N) is 3. The molecule has 1 saturated heterocycles. The van der Waals surface area contributed by atoms with Crippen molar-refractivity contribution in [2.45, 2.75) is 48.3 Å². The molecule has 1 aliphatic heterocycles. The van der Waals surface area contributed by atoms with Crippen molar-refractivity contribution in [3.05, 3.63) is 96.2 Å². The summed E-state index contributed by atoms with van der Waals surface area (Å²) in [5.41, 5.74) is 4.05. The van der Waals surface area contributed by atoms with Gasteiger partial charge in [-0.05, 0) is 66.4 Å². The summed E-state index contributed by atoms with van der Waals surface area (Å²) in [6, 6.07) is 26.7. The van der Waals surface area contributed by atoms with Gasteiger partial charge in [0.25, 0.3) is 5.91 Å². The van der Waals surface area contributed by atoms with Crippen LogP contribution in [-0.4, -0.2) is 51.6 Å². The number of thioether (sulfide) groups is 1. The fourth-order valence-corrected chi connectivity index (χ4v) is 6.62. The molecule has 39 heavy (non-hydrogen) atoms. The van der Waals surface area contributed by atoms with E-state index in [4.69, 9.17) is 0 Å². The monoisotopic (exact) mass is 556 g/mol. The Labute approximate surface area is 240 Å². The Bertz CT molecular complexity index is 1410. The van der Waals surface area contributed by atoms with Crippen molar-refractivity contribution in [2.24, 2.45) is 0 Å². The molecule has 1 aliphatic rings. The van der Waals surface area contributed by atoms with Crippen LogP contribution in [0.25, 0.3) is 10.9 Å². The SMILES string of the molecule is CC(C)(C)Sc1ccccc1CN1CCCN(C(=O)c2ccc(NSc3cccc4cccnc34)cc2)CC1. The number of carbonyl (C=O) groups is 1. The summed E-state index contributed by atoms with van der Waals surface area (Å²) in [5, 5.41) is 1.12. The maximum absolute atomic E-state index is 13.3. The van der Waals surface area contributed by atoms with E-state index in [0.717, 1.165) is 66.2 Å². The maximum Gasteiger partial charge on any atom is 0.253 e. The third-order valence-corrected chi connectivity index (χ3v) is 8.78. The van der Waals surface area contributed by atoms with Crippen LogP contribution in [0.2, 0.25) is 0 Å². The van der Waals surface area contributed by atoms with Crippen molar-refractivity contribution < 1.29 is 4.79 Å². The molecule has 0 aliphatic carbocycles. The molecule has 1 amide bonds. The minimum Gasteiger partial charge on any atom is -0.337 e. The highest BCUT2D eigenvalue weighted by molar-refractivity contribution is 8.01. The van der Waals surface area contributed by atoms with E-state index in [-0.39, 0.29) is 10.7 Å². The van der Waals surface area contributed by atoms with Gasteiger partial charge in [-0.1, -0.05) is 57.2 Å². The topological polar surface area (TPSA) is 48.5 Å². The summed E-state index contributed by atoms with van der Waals surface area (Å²) in [6.07, 6.45) is 2.80. The van der Waals surface area contributed by atoms with Crippen molar-refractivity contribution in [2.75, 3.05) is 30.9 Å². The van der Waals surface area contributed by atoms with Gasteiger partial charge in [0.05, 0.1) is 10.4 Å². The fourth-order valence-electron chi connectivity index (χ4n) is 4.77. The Morgan fingerprint density at radius 1 is 0.872 bits per heavy atom. The smallest absolute Gasteiger partial charge is 0.253 e. The Morgan fingerprint density at radius 2 is 1.64 bits per heavy atom. The third kappa shape index (κ3) is 7.35. The van der Waals surface area contributed by atoms with Gasteiger partial charge in [-0.15, -0.1) is 11.8 Å². The molecule has 1 aromatic heterocycles. The lowest BCUT2D eigenvalue weighted by Gasteiger charge is -2.25. The van der Waals surface area contributed by atoms with Gasteiger partial charge in [-0.2, -0.15) is 0 Å². The van der Waals surface area contributed by atoms with Crippen LogP contribution in [-0.2, 0) is 6.54 Å². The van der Waals surface area contributed by atoms with Crippen LogP contribution in [0.1, 0.15) is 43.1 Å². The second-order valence-corrected chi connectivity index (χ2v) is 13.6. The highest BCUT2D eigenvalue weighted by Gasteiger charge is 2.22. The van der Waals surface area contributed by atoms with E-state index in [9.17, 15) is 4.79 Å². The predicted octanol–water partition coefficient (Wildman–Crippen LogP) is 7.59. The molecule has 2 heterocycles. The largest absolute Gasteiger partial charge is 0.337 e. The van der Waals surface area contributed by atoms with Crippen molar-refractivity contribution in [1.82, 2.24) is 14.8 Å². The number of nitrogens with one attached hydrogen (secondary N) is 1. The third-order valence-electron chi connectivity index (χ3n) is 6.66. The average molecular weight is 557 g/mol. The number of carbonyl (C=O) groups excluding carboxylic acids is 1. The summed E-state index contributed by atoms with van der Waals surface area (Å²) in [7, 11) is 0. The maximum atomic E-state index is 13.3. The number of pyridine rings is 1. The van der Waals surface area contributed by atoms with Gasteiger partial charge in [0.2, 0.25) is 0 Å². The lowest BCUT2D eigenvalue weighted by molar-refractivity contribution is 0.0761. The van der Waals surface area contributed by atoms with Crippen LogP contribution in [0.5, 0.6) is 0 Å². The number of fused-ring (bicyclic) bond motifs is 1. The number of hydrogen-bond donors (Lipinski definition) is 1. The number of para-hydroxylation sites is 1. The van der Waals surface area contributed by atoms with E-state index in [1.54, 1.807) is 0 Å². The zero-order valence-electron chi connectivity index (χ0n) is 22.9. The Hall–Kier alpha value is -3.00. The average Bonchev–Trinajstić information content (AvgIpc) is 3.18. The predicted molar refractivity (Wildman–Crippen MR) is 166 cm³/mol. The van der Waals surface area contributed by atoms with Crippen LogP contribution in [0.15, 0.2) is 94.9 Å². The van der Waals surface area contributed by atoms with Gasteiger partial charge in [-0.3, -0.25) is 14.7 Å². The molecule has 0 bridgehead atoms. The minimum atomic E-state index is 0.109. The Balaban J connectivity index is 1.17. The molecule has 5 nitrogen and oxygen atoms in total. The summed E-state index contributed by atoms with van der Waals surface area (Å²) >= 11 is 3.46. The number of amides is 1. The minimum absolute atomic E-state index is 0.109. The molecule has 0 spiro atoms. The lowest BCUT2D eigenvalue weighted by atomic mass is 10.2. The normalized spacial score (nSPS) is 14.8. The van der Waals surface area contributed by atoms with Crippen molar-refractivity contribution in [3.63, 3.8) is 0 Å². The first-order valence-corrected chi connectivity index (χ1v) is 15.1. The first kappa shape index (κ1) is 27.6. The molecular weight excluding hydrogens is 521 g/mol. The molecule has 5 rings (SSSR count). The molecule has 0 radical (unpaired) electrons. The summed E-state index contributed by atoms with van der Waals surface area (Å²) < 4.78 is 3.58. The van der Waals surface area contributed by atoms with E-state index in [1.165, 1.54) is 22.4 Å². The van der Waals surface area contributed by atoms with Crippen LogP contribution < -0.4 is 4.72 Å². The van der Waals surface area contributed by atoms with E-state index in [2.05, 4.69) is 77.8 Å².